The number of hydrogen-bond donors (Lipinski definition) is 1. The lowest BCUT2D eigenvalue weighted by molar-refractivity contribution is 0.200. The Balaban J connectivity index is 2.23. The molecule has 0 aromatic carbocycles. The molecule has 7 heteroatoms. The van der Waals surface area contributed by atoms with Gasteiger partial charge in [0.25, 0.3) is 0 Å². The van der Waals surface area contributed by atoms with E-state index in [4.69, 9.17) is 4.74 Å². The number of ether oxygens (including phenoxy) is 1. The standard InChI is InChI=1S/C11H15N5O2/c1-3-6-16-9(7-12-15-16)11(17)8-4-5-10(18-2)14-13-8/h4-5,7,11,17H,3,6H2,1-2H3. The van der Waals surface area contributed by atoms with Gasteiger partial charge in [-0.2, -0.15) is 0 Å². The summed E-state index contributed by atoms with van der Waals surface area (Å²) in [5.41, 5.74) is 1.05. The molecule has 7 nitrogen and oxygen atoms in total. The van der Waals surface area contributed by atoms with Crippen molar-refractivity contribution in [1.29, 1.82) is 0 Å². The highest BCUT2D eigenvalue weighted by Gasteiger charge is 2.18. The molecule has 0 saturated carbocycles. The van der Waals surface area contributed by atoms with Gasteiger partial charge in [0, 0.05) is 12.6 Å². The average molecular weight is 249 g/mol. The number of methoxy groups -OCH3 is 1. The Morgan fingerprint density at radius 3 is 2.83 bits per heavy atom. The number of aromatic nitrogens is 5. The highest BCUT2D eigenvalue weighted by molar-refractivity contribution is 5.19. The van der Waals surface area contributed by atoms with Crippen molar-refractivity contribution in [2.45, 2.75) is 26.0 Å². The van der Waals surface area contributed by atoms with E-state index in [2.05, 4.69) is 20.5 Å². The number of aliphatic hydroxyl groups excluding tert-OH is 1. The lowest BCUT2D eigenvalue weighted by Gasteiger charge is -2.11. The summed E-state index contributed by atoms with van der Waals surface area (Å²) in [4.78, 5) is 0. The minimum atomic E-state index is -0.884. The van der Waals surface area contributed by atoms with Gasteiger partial charge in [-0.3, -0.25) is 0 Å². The molecule has 0 amide bonds. The number of nitrogens with zero attached hydrogens (tertiary/aromatic N) is 5. The highest BCUT2D eigenvalue weighted by atomic mass is 16.5. The van der Waals surface area contributed by atoms with Gasteiger partial charge in [0.05, 0.1) is 24.7 Å². The lowest BCUT2D eigenvalue weighted by Crippen LogP contribution is -2.11. The minimum Gasteiger partial charge on any atom is -0.480 e. The van der Waals surface area contributed by atoms with Gasteiger partial charge in [-0.25, -0.2) is 4.68 Å². The van der Waals surface area contributed by atoms with E-state index in [1.54, 1.807) is 16.8 Å². The van der Waals surface area contributed by atoms with Crippen LogP contribution >= 0.6 is 0 Å². The summed E-state index contributed by atoms with van der Waals surface area (Å²) in [6, 6.07) is 3.32. The first-order valence-corrected chi connectivity index (χ1v) is 5.70. The fourth-order valence-electron chi connectivity index (χ4n) is 1.60. The van der Waals surface area contributed by atoms with E-state index in [0.717, 1.165) is 6.42 Å². The van der Waals surface area contributed by atoms with Crippen LogP contribution in [0.15, 0.2) is 18.3 Å². The Bertz CT molecular complexity index is 496. The molecule has 1 atom stereocenters. The predicted molar refractivity (Wildman–Crippen MR) is 63.0 cm³/mol. The van der Waals surface area contributed by atoms with Crippen molar-refractivity contribution in [2.24, 2.45) is 0 Å². The van der Waals surface area contributed by atoms with E-state index in [1.165, 1.54) is 13.3 Å². The van der Waals surface area contributed by atoms with Crippen molar-refractivity contribution in [2.75, 3.05) is 7.11 Å². The fraction of sp³-hybridized carbons (Fsp3) is 0.455. The number of aliphatic hydroxyl groups is 1. The number of rotatable bonds is 5. The summed E-state index contributed by atoms with van der Waals surface area (Å²) in [7, 11) is 1.51. The summed E-state index contributed by atoms with van der Waals surface area (Å²) in [6.07, 6.45) is 1.56. The monoisotopic (exact) mass is 249 g/mol. The highest BCUT2D eigenvalue weighted by Crippen LogP contribution is 2.19. The summed E-state index contributed by atoms with van der Waals surface area (Å²) in [5.74, 6) is 0.408. The van der Waals surface area contributed by atoms with Gasteiger partial charge in [0.15, 0.2) is 0 Å². The van der Waals surface area contributed by atoms with Crippen LogP contribution in [-0.2, 0) is 6.54 Å². The quantitative estimate of drug-likeness (QED) is 0.833. The Morgan fingerprint density at radius 2 is 2.22 bits per heavy atom. The Hall–Kier alpha value is -2.02. The minimum absolute atomic E-state index is 0.408. The molecule has 2 heterocycles. The van der Waals surface area contributed by atoms with Gasteiger partial charge in [0.1, 0.15) is 6.10 Å². The van der Waals surface area contributed by atoms with Gasteiger partial charge in [-0.1, -0.05) is 12.1 Å². The van der Waals surface area contributed by atoms with E-state index < -0.39 is 6.10 Å². The van der Waals surface area contributed by atoms with Gasteiger partial charge >= 0.3 is 0 Å². The van der Waals surface area contributed by atoms with Crippen LogP contribution in [0.2, 0.25) is 0 Å². The molecular formula is C11H15N5O2. The van der Waals surface area contributed by atoms with Crippen LogP contribution in [0.4, 0.5) is 0 Å². The molecule has 1 unspecified atom stereocenters. The SMILES string of the molecule is CCCn1nncc1C(O)c1ccc(OC)nn1. The lowest BCUT2D eigenvalue weighted by atomic mass is 10.2. The molecule has 1 N–H and O–H groups in total. The van der Waals surface area contributed by atoms with E-state index >= 15 is 0 Å². The second kappa shape index (κ2) is 5.54. The van der Waals surface area contributed by atoms with Crippen molar-refractivity contribution in [3.8, 4) is 5.88 Å². The van der Waals surface area contributed by atoms with Gasteiger partial charge in [0.2, 0.25) is 5.88 Å². The molecule has 18 heavy (non-hydrogen) atoms. The smallest absolute Gasteiger partial charge is 0.233 e. The van der Waals surface area contributed by atoms with Crippen molar-refractivity contribution in [3.63, 3.8) is 0 Å². The third-order valence-electron chi connectivity index (χ3n) is 2.51. The second-order valence-corrected chi connectivity index (χ2v) is 3.79. The van der Waals surface area contributed by atoms with E-state index in [-0.39, 0.29) is 0 Å². The Morgan fingerprint density at radius 1 is 1.39 bits per heavy atom. The van der Waals surface area contributed by atoms with Crippen LogP contribution < -0.4 is 4.74 Å². The van der Waals surface area contributed by atoms with E-state index in [1.807, 2.05) is 6.92 Å². The Labute approximate surface area is 104 Å². The third-order valence-corrected chi connectivity index (χ3v) is 2.51. The molecule has 2 rings (SSSR count). The second-order valence-electron chi connectivity index (χ2n) is 3.79. The molecule has 0 saturated heterocycles. The zero-order valence-electron chi connectivity index (χ0n) is 10.3. The van der Waals surface area contributed by atoms with Crippen LogP contribution in [0.5, 0.6) is 5.88 Å². The summed E-state index contributed by atoms with van der Waals surface area (Å²) in [6.45, 7) is 2.74. The molecule has 0 aliphatic rings. The van der Waals surface area contributed by atoms with Crippen LogP contribution in [0.25, 0.3) is 0 Å². The molecule has 0 radical (unpaired) electrons. The first kappa shape index (κ1) is 12.4. The van der Waals surface area contributed by atoms with Crippen LogP contribution in [0.3, 0.4) is 0 Å². The average Bonchev–Trinajstić information content (AvgIpc) is 2.87. The largest absolute Gasteiger partial charge is 0.480 e. The summed E-state index contributed by atoms with van der Waals surface area (Å²) < 4.78 is 6.58. The van der Waals surface area contributed by atoms with Crippen molar-refractivity contribution in [3.05, 3.63) is 29.7 Å². The number of hydrogen-bond acceptors (Lipinski definition) is 6. The molecule has 0 aliphatic carbocycles. The van der Waals surface area contributed by atoms with Crippen LogP contribution in [0.1, 0.15) is 30.8 Å². The van der Waals surface area contributed by atoms with Gasteiger partial charge < -0.3 is 9.84 Å². The molecular weight excluding hydrogens is 234 g/mol. The molecule has 0 spiro atoms. The molecule has 2 aromatic rings. The van der Waals surface area contributed by atoms with Crippen molar-refractivity contribution in [1.82, 2.24) is 25.2 Å². The van der Waals surface area contributed by atoms with Gasteiger partial charge in [-0.15, -0.1) is 15.3 Å². The van der Waals surface area contributed by atoms with Crippen LogP contribution in [-0.4, -0.2) is 37.4 Å². The number of aryl methyl sites for hydroxylation is 1. The summed E-state index contributed by atoms with van der Waals surface area (Å²) in [5, 5.41) is 25.7. The van der Waals surface area contributed by atoms with Crippen molar-refractivity contribution < 1.29 is 9.84 Å². The third kappa shape index (κ3) is 2.45. The molecule has 2 aromatic heterocycles. The first-order valence-electron chi connectivity index (χ1n) is 5.70. The maximum atomic E-state index is 10.2. The molecule has 0 aliphatic heterocycles. The topological polar surface area (TPSA) is 86.0 Å². The first-order chi connectivity index (χ1) is 8.76. The normalized spacial score (nSPS) is 12.4. The van der Waals surface area contributed by atoms with E-state index in [0.29, 0.717) is 23.8 Å². The van der Waals surface area contributed by atoms with E-state index in [9.17, 15) is 5.11 Å². The maximum absolute atomic E-state index is 10.2. The molecule has 96 valence electrons. The Kier molecular flexibility index (Phi) is 3.83. The fourth-order valence-corrected chi connectivity index (χ4v) is 1.60. The summed E-state index contributed by atoms with van der Waals surface area (Å²) >= 11 is 0. The molecule has 0 bridgehead atoms. The zero-order valence-corrected chi connectivity index (χ0v) is 10.3. The van der Waals surface area contributed by atoms with Crippen molar-refractivity contribution >= 4 is 0 Å². The molecule has 0 fully saturated rings. The van der Waals surface area contributed by atoms with Crippen LogP contribution in [0, 0.1) is 0 Å². The van der Waals surface area contributed by atoms with Gasteiger partial charge in [-0.05, 0) is 12.5 Å². The predicted octanol–water partition coefficient (Wildman–Crippen LogP) is 0.568. The maximum Gasteiger partial charge on any atom is 0.233 e. The zero-order chi connectivity index (χ0) is 13.0.